The first-order valence-electron chi connectivity index (χ1n) is 7.09. The smallest absolute Gasteiger partial charge is 0.400 e. The summed E-state index contributed by atoms with van der Waals surface area (Å²) in [6.45, 7) is 9.81. The van der Waals surface area contributed by atoms with E-state index < -0.39 is 18.3 Å². The van der Waals surface area contributed by atoms with Crippen LogP contribution in [0, 0.1) is 6.92 Å². The maximum atomic E-state index is 9.68. The summed E-state index contributed by atoms with van der Waals surface area (Å²) in [5.74, 6) is 0. The third-order valence-electron chi connectivity index (χ3n) is 4.23. The minimum absolute atomic E-state index is 0.138. The predicted molar refractivity (Wildman–Crippen MR) is 87.3 cm³/mol. The average Bonchev–Trinajstić information content (AvgIpc) is 2.59. The van der Waals surface area contributed by atoms with Crippen LogP contribution in [0.5, 0.6) is 0 Å². The summed E-state index contributed by atoms with van der Waals surface area (Å²) in [7, 11) is -0.559. The molecule has 0 spiro atoms. The maximum absolute atomic E-state index is 9.68. The van der Waals surface area contributed by atoms with Crippen molar-refractivity contribution in [1.82, 2.24) is 0 Å². The Morgan fingerprint density at radius 1 is 1.24 bits per heavy atom. The predicted octanol–water partition coefficient (Wildman–Crippen LogP) is 3.66. The van der Waals surface area contributed by atoms with Crippen molar-refractivity contribution in [2.24, 2.45) is 0 Å². The molecule has 1 aliphatic rings. The third-order valence-corrected chi connectivity index (χ3v) is 4.58. The van der Waals surface area contributed by atoms with E-state index in [1.165, 1.54) is 0 Å². The van der Waals surface area contributed by atoms with Crippen LogP contribution in [0.4, 0.5) is 0 Å². The molecule has 2 rings (SSSR count). The first-order valence-corrected chi connectivity index (χ1v) is 7.47. The zero-order valence-corrected chi connectivity index (χ0v) is 14.0. The van der Waals surface area contributed by atoms with Gasteiger partial charge in [0.15, 0.2) is 0 Å². The Morgan fingerprint density at radius 2 is 1.81 bits per heavy atom. The standard InChI is InChI=1S/C16H22BClO3/c1-11-6-7-14(18)12(8-11)9-13(10-19)17-20-15(2,3)16(4,5)21-17/h6-9,19H,10H2,1-5H3. The maximum Gasteiger partial charge on any atom is 0.492 e. The van der Waals surface area contributed by atoms with E-state index in [0.717, 1.165) is 11.1 Å². The Labute approximate surface area is 132 Å². The van der Waals surface area contributed by atoms with Crippen molar-refractivity contribution in [3.63, 3.8) is 0 Å². The van der Waals surface area contributed by atoms with E-state index in [0.29, 0.717) is 10.5 Å². The molecule has 0 amide bonds. The lowest BCUT2D eigenvalue weighted by atomic mass is 9.77. The fraction of sp³-hybridized carbons (Fsp3) is 0.500. The first kappa shape index (κ1) is 16.6. The van der Waals surface area contributed by atoms with Gasteiger partial charge in [-0.2, -0.15) is 0 Å². The molecule has 1 saturated heterocycles. The minimum atomic E-state index is -0.559. The molecule has 21 heavy (non-hydrogen) atoms. The number of aryl methyl sites for hydroxylation is 1. The number of hydrogen-bond donors (Lipinski definition) is 1. The monoisotopic (exact) mass is 308 g/mol. The fourth-order valence-corrected chi connectivity index (χ4v) is 2.33. The molecule has 0 bridgehead atoms. The van der Waals surface area contributed by atoms with Crippen LogP contribution in [-0.2, 0) is 9.31 Å². The molecule has 1 aliphatic heterocycles. The van der Waals surface area contributed by atoms with E-state index in [2.05, 4.69) is 0 Å². The van der Waals surface area contributed by atoms with Gasteiger partial charge in [-0.3, -0.25) is 0 Å². The Morgan fingerprint density at radius 3 is 2.33 bits per heavy atom. The van der Waals surface area contributed by atoms with Crippen molar-refractivity contribution in [3.05, 3.63) is 39.8 Å². The molecule has 3 nitrogen and oxygen atoms in total. The summed E-state index contributed by atoms with van der Waals surface area (Å²) in [5, 5.41) is 10.3. The van der Waals surface area contributed by atoms with E-state index in [9.17, 15) is 5.11 Å². The van der Waals surface area contributed by atoms with Gasteiger partial charge < -0.3 is 14.4 Å². The quantitative estimate of drug-likeness (QED) is 0.866. The molecule has 0 aliphatic carbocycles. The zero-order chi connectivity index (χ0) is 15.8. The number of aliphatic hydroxyl groups is 1. The second-order valence-corrected chi connectivity index (χ2v) is 6.90. The minimum Gasteiger partial charge on any atom is -0.400 e. The van der Waals surface area contributed by atoms with Crippen molar-refractivity contribution in [2.45, 2.75) is 45.8 Å². The van der Waals surface area contributed by atoms with E-state index in [4.69, 9.17) is 20.9 Å². The van der Waals surface area contributed by atoms with E-state index in [-0.39, 0.29) is 6.61 Å². The second kappa shape index (κ2) is 5.77. The molecular weight excluding hydrogens is 286 g/mol. The van der Waals surface area contributed by atoms with Crippen LogP contribution in [0.25, 0.3) is 6.08 Å². The lowest BCUT2D eigenvalue weighted by Gasteiger charge is -2.32. The van der Waals surface area contributed by atoms with Crippen LogP contribution in [0.15, 0.2) is 23.7 Å². The topological polar surface area (TPSA) is 38.7 Å². The second-order valence-electron chi connectivity index (χ2n) is 6.49. The molecular formula is C16H22BClO3. The van der Waals surface area contributed by atoms with Gasteiger partial charge in [-0.25, -0.2) is 0 Å². The number of benzene rings is 1. The van der Waals surface area contributed by atoms with Crippen LogP contribution in [0.2, 0.25) is 5.02 Å². The van der Waals surface area contributed by atoms with Gasteiger partial charge in [-0.15, -0.1) is 0 Å². The highest BCUT2D eigenvalue weighted by Crippen LogP contribution is 2.39. The zero-order valence-electron chi connectivity index (χ0n) is 13.2. The van der Waals surface area contributed by atoms with Crippen molar-refractivity contribution in [3.8, 4) is 0 Å². The van der Waals surface area contributed by atoms with Crippen molar-refractivity contribution in [1.29, 1.82) is 0 Å². The van der Waals surface area contributed by atoms with E-state index >= 15 is 0 Å². The van der Waals surface area contributed by atoms with Crippen LogP contribution in [0.3, 0.4) is 0 Å². The van der Waals surface area contributed by atoms with Crippen LogP contribution < -0.4 is 0 Å². The Hall–Kier alpha value is -0.805. The summed E-state index contributed by atoms with van der Waals surface area (Å²) in [6.07, 6.45) is 1.84. The van der Waals surface area contributed by atoms with Gasteiger partial charge in [0.2, 0.25) is 0 Å². The van der Waals surface area contributed by atoms with E-state index in [1.54, 1.807) is 0 Å². The highest BCUT2D eigenvalue weighted by molar-refractivity contribution is 6.56. The van der Waals surface area contributed by atoms with Crippen LogP contribution in [0.1, 0.15) is 38.8 Å². The molecule has 0 unspecified atom stereocenters. The molecule has 114 valence electrons. The Bertz CT molecular complexity index is 551. The van der Waals surface area contributed by atoms with Gasteiger partial charge in [0.05, 0.1) is 17.8 Å². The summed E-state index contributed by atoms with van der Waals surface area (Å²) in [6, 6.07) is 5.78. The van der Waals surface area contributed by atoms with E-state index in [1.807, 2.05) is 58.9 Å². The summed E-state index contributed by atoms with van der Waals surface area (Å²) < 4.78 is 11.9. The highest BCUT2D eigenvalue weighted by Gasteiger charge is 2.52. The summed E-state index contributed by atoms with van der Waals surface area (Å²) >= 11 is 6.21. The molecule has 0 saturated carbocycles. The molecule has 1 aromatic rings. The van der Waals surface area contributed by atoms with Crippen molar-refractivity contribution >= 4 is 24.8 Å². The normalized spacial score (nSPS) is 20.9. The molecule has 1 heterocycles. The van der Waals surface area contributed by atoms with Crippen LogP contribution in [-0.4, -0.2) is 30.0 Å². The number of hydrogen-bond acceptors (Lipinski definition) is 3. The third kappa shape index (κ3) is 3.34. The van der Waals surface area contributed by atoms with Gasteiger partial charge in [-0.05, 0) is 51.7 Å². The summed E-state index contributed by atoms with van der Waals surface area (Å²) in [4.78, 5) is 0. The molecule has 0 radical (unpaired) electrons. The van der Waals surface area contributed by atoms with Gasteiger partial charge in [0.25, 0.3) is 0 Å². The van der Waals surface area contributed by atoms with Gasteiger partial charge in [0.1, 0.15) is 0 Å². The number of rotatable bonds is 3. The molecule has 1 N–H and O–H groups in total. The fourth-order valence-electron chi connectivity index (χ4n) is 2.16. The largest absolute Gasteiger partial charge is 0.492 e. The average molecular weight is 309 g/mol. The van der Waals surface area contributed by atoms with Crippen LogP contribution >= 0.6 is 11.6 Å². The highest BCUT2D eigenvalue weighted by atomic mass is 35.5. The summed E-state index contributed by atoms with van der Waals surface area (Å²) in [5.41, 5.74) is 1.78. The molecule has 0 atom stereocenters. The molecule has 1 aromatic carbocycles. The molecule has 5 heteroatoms. The Balaban J connectivity index is 2.33. The lowest BCUT2D eigenvalue weighted by Crippen LogP contribution is -2.41. The SMILES string of the molecule is Cc1ccc(Cl)c(C=C(CO)B2OC(C)(C)C(C)(C)O2)c1. The molecule has 0 aromatic heterocycles. The first-order chi connectivity index (χ1) is 9.66. The molecule has 1 fully saturated rings. The number of aliphatic hydroxyl groups excluding tert-OH is 1. The number of halogens is 1. The lowest BCUT2D eigenvalue weighted by molar-refractivity contribution is 0.00578. The van der Waals surface area contributed by atoms with Gasteiger partial charge >= 0.3 is 7.12 Å². The Kier molecular flexibility index (Phi) is 4.55. The van der Waals surface area contributed by atoms with Crippen molar-refractivity contribution in [2.75, 3.05) is 6.61 Å². The van der Waals surface area contributed by atoms with Gasteiger partial charge in [0, 0.05) is 5.02 Å². The van der Waals surface area contributed by atoms with Gasteiger partial charge in [-0.1, -0.05) is 35.4 Å². The van der Waals surface area contributed by atoms with Crippen molar-refractivity contribution < 1.29 is 14.4 Å².